The van der Waals surface area contributed by atoms with Gasteiger partial charge in [0.1, 0.15) is 0 Å². The van der Waals surface area contributed by atoms with E-state index in [4.69, 9.17) is 0 Å². The Morgan fingerprint density at radius 3 is 0.955 bits per heavy atom. The molecule has 6 nitrogen and oxygen atoms in total. The molecule has 10 heteroatoms. The Labute approximate surface area is 150 Å². The molecule has 0 amide bonds. The van der Waals surface area contributed by atoms with Crippen LogP contribution >= 0.6 is 50.5 Å². The molecule has 0 fully saturated rings. The van der Waals surface area contributed by atoms with Crippen LogP contribution in [-0.4, -0.2) is 41.3 Å². The molecule has 0 aliphatic rings. The van der Waals surface area contributed by atoms with E-state index in [1.165, 1.54) is 0 Å². The van der Waals surface area contributed by atoms with Crippen LogP contribution in [0.4, 0.5) is 0 Å². The van der Waals surface area contributed by atoms with Gasteiger partial charge in [-0.15, -0.1) is 0 Å². The van der Waals surface area contributed by atoms with Crippen molar-refractivity contribution < 1.29 is 0 Å². The minimum atomic E-state index is -0.131. The summed E-state index contributed by atoms with van der Waals surface area (Å²) >= 11 is 16.9. The minimum Gasteiger partial charge on any atom is -0.275 e. The first-order valence-corrected chi connectivity index (χ1v) is 9.51. The van der Waals surface area contributed by atoms with Gasteiger partial charge in [-0.3, -0.25) is 18.3 Å². The summed E-state index contributed by atoms with van der Waals surface area (Å²) in [6, 6.07) is 0. The second-order valence-electron chi connectivity index (χ2n) is 4.71. The summed E-state index contributed by atoms with van der Waals surface area (Å²) in [5.41, 5.74) is 1.02. The molecule has 0 unspecified atom stereocenters. The van der Waals surface area contributed by atoms with Gasteiger partial charge in [0.2, 0.25) is 0 Å². The zero-order chi connectivity index (χ0) is 16.3. The molecule has 124 valence electrons. The molecule has 0 aliphatic carbocycles. The van der Waals surface area contributed by atoms with Gasteiger partial charge >= 0.3 is 11.4 Å². The zero-order valence-corrected chi connectivity index (χ0v) is 15.6. The smallest absolute Gasteiger partial charge is 0.275 e. The maximum Gasteiger partial charge on any atom is 0.331 e. The van der Waals surface area contributed by atoms with Crippen molar-refractivity contribution in [2.75, 3.05) is 23.0 Å². The van der Waals surface area contributed by atoms with Crippen LogP contribution in [0.1, 0.15) is 0 Å². The van der Waals surface area contributed by atoms with Gasteiger partial charge in [-0.05, 0) is 0 Å². The van der Waals surface area contributed by atoms with Gasteiger partial charge in [0.25, 0.3) is 0 Å². The molecular weight excluding hydrogens is 360 g/mol. The summed E-state index contributed by atoms with van der Waals surface area (Å²) < 4.78 is 6.47. The van der Waals surface area contributed by atoms with Crippen LogP contribution in [0.25, 0.3) is 11.3 Å². The molecule has 0 saturated carbocycles. The predicted molar refractivity (Wildman–Crippen MR) is 104 cm³/mol. The summed E-state index contributed by atoms with van der Waals surface area (Å²) in [4.78, 5) is 25.3. The third-order valence-electron chi connectivity index (χ3n) is 3.44. The number of thiol groups is 4. The number of hydrogen-bond donors (Lipinski definition) is 4. The van der Waals surface area contributed by atoms with E-state index in [1.807, 2.05) is 0 Å². The third kappa shape index (κ3) is 3.02. The number of aryl methyl sites for hydroxylation is 4. The highest BCUT2D eigenvalue weighted by molar-refractivity contribution is 7.80. The van der Waals surface area contributed by atoms with E-state index in [-0.39, 0.29) is 11.4 Å². The Morgan fingerprint density at radius 2 is 0.773 bits per heavy atom. The van der Waals surface area contributed by atoms with E-state index in [1.54, 1.807) is 18.3 Å². The largest absolute Gasteiger partial charge is 0.331 e. The second-order valence-corrected chi connectivity index (χ2v) is 6.50. The Morgan fingerprint density at radius 1 is 0.545 bits per heavy atom. The van der Waals surface area contributed by atoms with Crippen LogP contribution in [-0.2, 0) is 26.2 Å². The van der Waals surface area contributed by atoms with Crippen molar-refractivity contribution in [1.29, 1.82) is 0 Å². The van der Waals surface area contributed by atoms with E-state index in [2.05, 4.69) is 50.5 Å². The average Bonchev–Trinajstić information content (AvgIpc) is 2.90. The zero-order valence-electron chi connectivity index (χ0n) is 12.1. The molecule has 0 atom stereocenters. The molecule has 0 spiro atoms. The van der Waals surface area contributed by atoms with Gasteiger partial charge in [-0.2, -0.15) is 50.5 Å². The summed E-state index contributed by atoms with van der Waals surface area (Å²) in [7, 11) is 0. The average molecular weight is 381 g/mol. The SMILES string of the molecule is O=c1n(CCS)c2c(n1CCS)n(CCS)c(=O)n2CCS. The summed E-state index contributed by atoms with van der Waals surface area (Å²) in [5, 5.41) is 0. The topological polar surface area (TPSA) is 53.9 Å². The van der Waals surface area contributed by atoms with Gasteiger partial charge in [0, 0.05) is 49.2 Å². The molecule has 0 aliphatic heterocycles. The lowest BCUT2D eigenvalue weighted by Gasteiger charge is -2.05. The third-order valence-corrected chi connectivity index (χ3v) is 4.24. The van der Waals surface area contributed by atoms with Crippen LogP contribution < -0.4 is 11.4 Å². The highest BCUT2D eigenvalue weighted by Crippen LogP contribution is 2.14. The minimum absolute atomic E-state index is 0.131. The monoisotopic (exact) mass is 380 g/mol. The lowest BCUT2D eigenvalue weighted by molar-refractivity contribution is 0.611. The first-order chi connectivity index (χ1) is 10.6. The number of fused-ring (bicyclic) bond motifs is 1. The van der Waals surface area contributed by atoms with Crippen molar-refractivity contribution in [2.45, 2.75) is 26.2 Å². The van der Waals surface area contributed by atoms with Crippen molar-refractivity contribution >= 4 is 61.8 Å². The lowest BCUT2D eigenvalue weighted by Crippen LogP contribution is -2.32. The van der Waals surface area contributed by atoms with Crippen molar-refractivity contribution in [3.8, 4) is 0 Å². The maximum absolute atomic E-state index is 12.6. The number of rotatable bonds is 8. The van der Waals surface area contributed by atoms with Crippen molar-refractivity contribution in [2.24, 2.45) is 0 Å². The fraction of sp³-hybridized carbons (Fsp3) is 0.667. The van der Waals surface area contributed by atoms with Crippen LogP contribution in [0.2, 0.25) is 0 Å². The number of hydrogen-bond acceptors (Lipinski definition) is 6. The van der Waals surface area contributed by atoms with E-state index < -0.39 is 0 Å². The Balaban J connectivity index is 2.89. The summed E-state index contributed by atoms with van der Waals surface area (Å²) in [5.74, 6) is 2.08. The van der Waals surface area contributed by atoms with E-state index in [0.717, 1.165) is 0 Å². The molecule has 0 saturated heterocycles. The number of aromatic nitrogens is 4. The van der Waals surface area contributed by atoms with Gasteiger partial charge in [-0.25, -0.2) is 9.59 Å². The van der Waals surface area contributed by atoms with Crippen LogP contribution in [0.3, 0.4) is 0 Å². The lowest BCUT2D eigenvalue weighted by atomic mass is 10.6. The Kier molecular flexibility index (Phi) is 6.54. The standard InChI is InChI=1S/C12H20N4O2S4/c17-11-13(1-5-19)9-10(15(11)3-7-21)16(4-8-22)12(18)14(9)2-6-20/h19-22H,1-8H2. The van der Waals surface area contributed by atoms with Crippen molar-refractivity contribution in [3.05, 3.63) is 21.0 Å². The molecule has 0 N–H and O–H groups in total. The quantitative estimate of drug-likeness (QED) is 0.504. The second kappa shape index (κ2) is 7.98. The van der Waals surface area contributed by atoms with Gasteiger partial charge in [0.05, 0.1) is 0 Å². The molecule has 2 rings (SSSR count). The highest BCUT2D eigenvalue weighted by atomic mass is 32.1. The molecule has 22 heavy (non-hydrogen) atoms. The predicted octanol–water partition coefficient (Wildman–Crippen LogP) is 0.485. The van der Waals surface area contributed by atoms with Gasteiger partial charge < -0.3 is 0 Å². The molecule has 2 aromatic rings. The van der Waals surface area contributed by atoms with Crippen molar-refractivity contribution in [1.82, 2.24) is 18.3 Å². The molecule has 2 heterocycles. The molecular formula is C12H20N4O2S4. The van der Waals surface area contributed by atoms with Gasteiger partial charge in [0.15, 0.2) is 11.3 Å². The van der Waals surface area contributed by atoms with E-state index in [9.17, 15) is 9.59 Å². The van der Waals surface area contributed by atoms with E-state index in [0.29, 0.717) is 60.5 Å². The van der Waals surface area contributed by atoms with Crippen LogP contribution in [0.15, 0.2) is 9.59 Å². The summed E-state index contributed by atoms with van der Waals surface area (Å²) in [6.07, 6.45) is 0. The number of imidazole rings is 2. The maximum atomic E-state index is 12.6. The highest BCUT2D eigenvalue weighted by Gasteiger charge is 2.23. The first-order valence-electron chi connectivity index (χ1n) is 6.98. The molecule has 0 radical (unpaired) electrons. The molecule has 0 aromatic carbocycles. The molecule has 2 aromatic heterocycles. The van der Waals surface area contributed by atoms with Crippen molar-refractivity contribution in [3.63, 3.8) is 0 Å². The fourth-order valence-electron chi connectivity index (χ4n) is 2.63. The summed E-state index contributed by atoms with van der Waals surface area (Å²) in [6.45, 7) is 1.81. The molecule has 0 bridgehead atoms. The van der Waals surface area contributed by atoms with E-state index >= 15 is 0 Å². The van der Waals surface area contributed by atoms with Crippen LogP contribution in [0.5, 0.6) is 0 Å². The number of nitrogens with zero attached hydrogens (tertiary/aromatic N) is 4. The Bertz CT molecular complexity index is 641. The van der Waals surface area contributed by atoms with Gasteiger partial charge in [-0.1, -0.05) is 0 Å². The van der Waals surface area contributed by atoms with Crippen LogP contribution in [0, 0.1) is 0 Å². The first kappa shape index (κ1) is 18.0. The fourth-order valence-corrected chi connectivity index (χ4v) is 3.43. The normalized spacial score (nSPS) is 11.6. The Hall–Kier alpha value is -0.320.